The molecule has 1 spiro atoms. The molecule has 1 atom stereocenters. The molecule has 2 rings (SSSR count). The highest BCUT2D eigenvalue weighted by Crippen LogP contribution is 2.34. The number of rotatable bonds is 2. The van der Waals surface area contributed by atoms with Crippen molar-refractivity contribution < 1.29 is 24.5 Å². The molecule has 2 saturated heterocycles. The van der Waals surface area contributed by atoms with E-state index in [1.165, 1.54) is 0 Å². The van der Waals surface area contributed by atoms with Crippen LogP contribution in [0.2, 0.25) is 0 Å². The summed E-state index contributed by atoms with van der Waals surface area (Å²) in [4.78, 5) is 21.5. The minimum Gasteiger partial charge on any atom is -0.478 e. The van der Waals surface area contributed by atoms with Crippen LogP contribution in [-0.2, 0) is 14.3 Å². The van der Waals surface area contributed by atoms with E-state index in [4.69, 9.17) is 20.7 Å². The van der Waals surface area contributed by atoms with Gasteiger partial charge in [0, 0.05) is 31.3 Å². The lowest BCUT2D eigenvalue weighted by Gasteiger charge is -2.36. The zero-order valence-corrected chi connectivity index (χ0v) is 11.6. The predicted molar refractivity (Wildman–Crippen MR) is 72.4 cm³/mol. The summed E-state index contributed by atoms with van der Waals surface area (Å²) >= 11 is 0. The summed E-state index contributed by atoms with van der Waals surface area (Å²) < 4.78 is 5.79. The first-order valence-electron chi connectivity index (χ1n) is 6.55. The van der Waals surface area contributed by atoms with Gasteiger partial charge in [-0.25, -0.2) is 9.59 Å². The number of nitrogens with zero attached hydrogens (tertiary/aromatic N) is 1. The molecule has 0 amide bonds. The van der Waals surface area contributed by atoms with Gasteiger partial charge < -0.3 is 25.6 Å². The van der Waals surface area contributed by atoms with Crippen LogP contribution in [0.1, 0.15) is 19.3 Å². The molecule has 1 unspecified atom stereocenters. The average Bonchev–Trinajstić information content (AvgIpc) is 2.73. The second-order valence-electron chi connectivity index (χ2n) is 5.27. The molecule has 2 aliphatic rings. The van der Waals surface area contributed by atoms with Crippen molar-refractivity contribution in [3.8, 4) is 0 Å². The Kier molecular flexibility index (Phi) is 6.12. The lowest BCUT2D eigenvalue weighted by molar-refractivity contribution is -0.134. The van der Waals surface area contributed by atoms with E-state index >= 15 is 0 Å². The first-order valence-corrected chi connectivity index (χ1v) is 6.55. The quantitative estimate of drug-likeness (QED) is 0.608. The number of likely N-dealkylation sites (tertiary alicyclic amines) is 1. The Balaban J connectivity index is 0.000000221. The van der Waals surface area contributed by atoms with Crippen LogP contribution in [0, 0.1) is 0 Å². The zero-order chi connectivity index (χ0) is 15.2. The molecule has 2 heterocycles. The van der Waals surface area contributed by atoms with E-state index in [0.717, 1.165) is 39.0 Å². The Labute approximate surface area is 118 Å². The third-order valence-corrected chi connectivity index (χ3v) is 3.50. The van der Waals surface area contributed by atoms with Gasteiger partial charge in [-0.3, -0.25) is 0 Å². The summed E-state index contributed by atoms with van der Waals surface area (Å²) in [5.74, 6) is -2.51. The first kappa shape index (κ1) is 16.6. The second-order valence-corrected chi connectivity index (χ2v) is 5.27. The van der Waals surface area contributed by atoms with Crippen LogP contribution in [0.25, 0.3) is 0 Å². The fraction of sp³-hybridized carbons (Fsp3) is 0.692. The van der Waals surface area contributed by atoms with E-state index in [2.05, 4.69) is 11.9 Å². The summed E-state index contributed by atoms with van der Waals surface area (Å²) in [5.41, 5.74) is 5.99. The molecule has 20 heavy (non-hydrogen) atoms. The molecular formula is C13H22N2O5. The minimum absolute atomic E-state index is 0.159. The van der Waals surface area contributed by atoms with Gasteiger partial charge in [-0.05, 0) is 26.3 Å². The van der Waals surface area contributed by atoms with Gasteiger partial charge in [0.25, 0.3) is 0 Å². The van der Waals surface area contributed by atoms with Crippen molar-refractivity contribution in [2.24, 2.45) is 5.73 Å². The Hall–Kier alpha value is -1.44. The Bertz CT molecular complexity index is 359. The maximum atomic E-state index is 9.55. The third kappa shape index (κ3) is 5.68. The fourth-order valence-corrected chi connectivity index (χ4v) is 2.40. The largest absolute Gasteiger partial charge is 0.478 e. The van der Waals surface area contributed by atoms with Crippen molar-refractivity contribution in [1.82, 2.24) is 4.90 Å². The topological polar surface area (TPSA) is 113 Å². The number of aliphatic carboxylic acids is 2. The van der Waals surface area contributed by atoms with Crippen molar-refractivity contribution in [2.75, 3.05) is 26.7 Å². The van der Waals surface area contributed by atoms with Crippen LogP contribution in [0.15, 0.2) is 12.2 Å². The minimum atomic E-state index is -1.26. The Morgan fingerprint density at radius 3 is 2.10 bits per heavy atom. The molecule has 4 N–H and O–H groups in total. The van der Waals surface area contributed by atoms with Crippen molar-refractivity contribution in [1.29, 1.82) is 0 Å². The maximum Gasteiger partial charge on any atom is 0.328 e. The third-order valence-electron chi connectivity index (χ3n) is 3.50. The number of piperidine rings is 1. The molecular weight excluding hydrogens is 264 g/mol. The molecule has 0 aromatic carbocycles. The molecule has 0 aromatic heterocycles. The highest BCUT2D eigenvalue weighted by Gasteiger charge is 2.40. The highest BCUT2D eigenvalue weighted by molar-refractivity contribution is 5.89. The van der Waals surface area contributed by atoms with Gasteiger partial charge in [0.15, 0.2) is 0 Å². The van der Waals surface area contributed by atoms with Crippen molar-refractivity contribution in [3.63, 3.8) is 0 Å². The summed E-state index contributed by atoms with van der Waals surface area (Å²) in [6.45, 7) is 3.09. The molecule has 0 saturated carbocycles. The standard InChI is InChI=1S/C9H18N2O.C4H4O4/c1-11-4-2-9(3-5-11)6-8(10)7-12-9;5-3(6)1-2-4(7)8/h8H,2-7,10H2,1H3;1-2H,(H,5,6)(H,7,8). The van der Waals surface area contributed by atoms with E-state index in [9.17, 15) is 9.59 Å². The molecule has 0 aliphatic carbocycles. The van der Waals surface area contributed by atoms with E-state index in [0.29, 0.717) is 12.2 Å². The number of ether oxygens (including phenoxy) is 1. The zero-order valence-electron chi connectivity index (χ0n) is 11.6. The molecule has 0 aromatic rings. The van der Waals surface area contributed by atoms with Gasteiger partial charge >= 0.3 is 11.9 Å². The monoisotopic (exact) mass is 286 g/mol. The van der Waals surface area contributed by atoms with E-state index < -0.39 is 11.9 Å². The van der Waals surface area contributed by atoms with Gasteiger partial charge in [0.05, 0.1) is 12.2 Å². The predicted octanol–water partition coefficient (Wildman–Crippen LogP) is -0.0898. The van der Waals surface area contributed by atoms with Crippen molar-refractivity contribution in [2.45, 2.75) is 30.9 Å². The van der Waals surface area contributed by atoms with E-state index in [1.54, 1.807) is 0 Å². The summed E-state index contributed by atoms with van der Waals surface area (Å²) in [7, 11) is 2.17. The molecule has 7 nitrogen and oxygen atoms in total. The molecule has 0 radical (unpaired) electrons. The molecule has 2 aliphatic heterocycles. The smallest absolute Gasteiger partial charge is 0.328 e. The SMILES string of the molecule is CN1CCC2(CC1)CC(N)CO2.O=C(O)C=CC(=O)O. The van der Waals surface area contributed by atoms with Crippen LogP contribution >= 0.6 is 0 Å². The number of carbonyl (C=O) groups is 2. The first-order chi connectivity index (χ1) is 9.33. The molecule has 0 bridgehead atoms. The fourth-order valence-electron chi connectivity index (χ4n) is 2.40. The van der Waals surface area contributed by atoms with Crippen LogP contribution in [0.4, 0.5) is 0 Å². The lowest BCUT2D eigenvalue weighted by atomic mass is 9.88. The molecule has 7 heteroatoms. The number of nitrogens with two attached hydrogens (primary N) is 1. The second kappa shape index (κ2) is 7.37. The Morgan fingerprint density at radius 2 is 1.75 bits per heavy atom. The van der Waals surface area contributed by atoms with Crippen molar-refractivity contribution in [3.05, 3.63) is 12.2 Å². The Morgan fingerprint density at radius 1 is 1.25 bits per heavy atom. The van der Waals surface area contributed by atoms with Gasteiger partial charge in [-0.15, -0.1) is 0 Å². The van der Waals surface area contributed by atoms with E-state index in [-0.39, 0.29) is 11.6 Å². The van der Waals surface area contributed by atoms with Crippen LogP contribution in [0.5, 0.6) is 0 Å². The van der Waals surface area contributed by atoms with Crippen LogP contribution in [0.3, 0.4) is 0 Å². The molecule has 114 valence electrons. The summed E-state index contributed by atoms with van der Waals surface area (Å²) in [6, 6.07) is 0.286. The number of carboxylic acids is 2. The number of carboxylic acid groups (broad SMARTS) is 2. The van der Waals surface area contributed by atoms with E-state index in [1.807, 2.05) is 0 Å². The summed E-state index contributed by atoms with van der Waals surface area (Å²) in [5, 5.41) is 15.6. The normalized spacial score (nSPS) is 25.4. The summed E-state index contributed by atoms with van der Waals surface area (Å²) in [6.07, 6.45) is 4.51. The maximum absolute atomic E-state index is 9.55. The number of hydrogen-bond donors (Lipinski definition) is 3. The van der Waals surface area contributed by atoms with Gasteiger partial charge in [0.1, 0.15) is 0 Å². The lowest BCUT2D eigenvalue weighted by Crippen LogP contribution is -2.42. The van der Waals surface area contributed by atoms with Gasteiger partial charge in [-0.1, -0.05) is 0 Å². The van der Waals surface area contributed by atoms with Gasteiger partial charge in [0.2, 0.25) is 0 Å². The van der Waals surface area contributed by atoms with Gasteiger partial charge in [-0.2, -0.15) is 0 Å². The highest BCUT2D eigenvalue weighted by atomic mass is 16.5. The van der Waals surface area contributed by atoms with Crippen molar-refractivity contribution >= 4 is 11.9 Å². The van der Waals surface area contributed by atoms with Crippen LogP contribution < -0.4 is 5.73 Å². The molecule has 2 fully saturated rings. The average molecular weight is 286 g/mol. The van der Waals surface area contributed by atoms with Crippen LogP contribution in [-0.4, -0.2) is 65.4 Å². The number of hydrogen-bond acceptors (Lipinski definition) is 5.